The van der Waals surface area contributed by atoms with Gasteiger partial charge >= 0.3 is 6.18 Å². The molecule has 0 N–H and O–H groups in total. The zero-order chi connectivity index (χ0) is 13.4. The predicted molar refractivity (Wildman–Crippen MR) is 69.1 cm³/mol. The average molecular weight is 332 g/mol. The maximum absolute atomic E-state index is 11.9. The van der Waals surface area contributed by atoms with Gasteiger partial charge < -0.3 is 9.64 Å². The highest BCUT2D eigenvalue weighted by atomic mass is 79.9. The molecule has 0 aromatic carbocycles. The quantitative estimate of drug-likeness (QED) is 0.473. The van der Waals surface area contributed by atoms with Gasteiger partial charge in [0.1, 0.15) is 6.61 Å². The van der Waals surface area contributed by atoms with Crippen LogP contribution in [0.5, 0.6) is 0 Å². The number of hydrogen-bond acceptors (Lipinski definition) is 2. The van der Waals surface area contributed by atoms with Crippen LogP contribution >= 0.6 is 15.9 Å². The zero-order valence-corrected chi connectivity index (χ0v) is 12.1. The Morgan fingerprint density at radius 3 is 2.33 bits per heavy atom. The molecule has 0 spiro atoms. The molecule has 0 saturated heterocycles. The molecular formula is C12H21BrF3NO. The summed E-state index contributed by atoms with van der Waals surface area (Å²) in [5, 5.41) is 0.973. The van der Waals surface area contributed by atoms with E-state index in [1.807, 2.05) is 0 Å². The van der Waals surface area contributed by atoms with Crippen molar-refractivity contribution in [3.63, 3.8) is 0 Å². The van der Waals surface area contributed by atoms with Crippen molar-refractivity contribution in [3.8, 4) is 0 Å². The third kappa shape index (κ3) is 6.95. The molecule has 1 aliphatic carbocycles. The van der Waals surface area contributed by atoms with E-state index in [1.165, 1.54) is 19.3 Å². The molecule has 108 valence electrons. The molecule has 0 bridgehead atoms. The third-order valence-electron chi connectivity index (χ3n) is 3.17. The fourth-order valence-corrected chi connectivity index (χ4v) is 2.30. The van der Waals surface area contributed by atoms with Crippen LogP contribution < -0.4 is 0 Å². The van der Waals surface area contributed by atoms with Crippen molar-refractivity contribution in [2.45, 2.75) is 44.3 Å². The maximum Gasteiger partial charge on any atom is 0.411 e. The lowest BCUT2D eigenvalue weighted by atomic mass is 9.91. The lowest BCUT2D eigenvalue weighted by Gasteiger charge is -2.37. The number of rotatable bonds is 9. The summed E-state index contributed by atoms with van der Waals surface area (Å²) in [6, 6.07) is 0.645. The Kier molecular flexibility index (Phi) is 7.56. The molecule has 0 aromatic heterocycles. The van der Waals surface area contributed by atoms with Crippen molar-refractivity contribution in [2.24, 2.45) is 0 Å². The number of hydrogen-bond donors (Lipinski definition) is 0. The topological polar surface area (TPSA) is 12.5 Å². The van der Waals surface area contributed by atoms with Crippen LogP contribution in [0.2, 0.25) is 0 Å². The van der Waals surface area contributed by atoms with Crippen LogP contribution in [0.25, 0.3) is 0 Å². The molecule has 0 unspecified atom stereocenters. The van der Waals surface area contributed by atoms with Gasteiger partial charge in [0.2, 0.25) is 0 Å². The van der Waals surface area contributed by atoms with Gasteiger partial charge in [-0.2, -0.15) is 13.2 Å². The molecule has 2 nitrogen and oxygen atoms in total. The van der Waals surface area contributed by atoms with Gasteiger partial charge in [0.05, 0.1) is 0 Å². The lowest BCUT2D eigenvalue weighted by molar-refractivity contribution is -0.174. The van der Waals surface area contributed by atoms with E-state index in [0.717, 1.165) is 24.8 Å². The van der Waals surface area contributed by atoms with Gasteiger partial charge in [0, 0.05) is 24.5 Å². The van der Waals surface area contributed by atoms with E-state index in [-0.39, 0.29) is 6.61 Å². The zero-order valence-electron chi connectivity index (χ0n) is 10.5. The number of halogens is 4. The van der Waals surface area contributed by atoms with E-state index in [1.54, 1.807) is 0 Å². The molecule has 0 aliphatic heterocycles. The Bertz CT molecular complexity index is 222. The lowest BCUT2D eigenvalue weighted by Crippen LogP contribution is -2.41. The van der Waals surface area contributed by atoms with E-state index in [2.05, 4.69) is 25.6 Å². The van der Waals surface area contributed by atoms with Gasteiger partial charge in [-0.15, -0.1) is 0 Å². The SMILES string of the molecule is FC(F)(F)COCCCN(CCCBr)C1CCC1. The summed E-state index contributed by atoms with van der Waals surface area (Å²) in [6.07, 6.45) is 1.29. The van der Waals surface area contributed by atoms with Crippen molar-refractivity contribution in [1.82, 2.24) is 4.90 Å². The molecule has 18 heavy (non-hydrogen) atoms. The van der Waals surface area contributed by atoms with Crippen LogP contribution in [0.4, 0.5) is 13.2 Å². The second kappa shape index (κ2) is 8.38. The minimum absolute atomic E-state index is 0.192. The van der Waals surface area contributed by atoms with Crippen molar-refractivity contribution in [1.29, 1.82) is 0 Å². The van der Waals surface area contributed by atoms with E-state index in [9.17, 15) is 13.2 Å². The highest BCUT2D eigenvalue weighted by molar-refractivity contribution is 9.09. The first-order valence-corrected chi connectivity index (χ1v) is 7.59. The van der Waals surface area contributed by atoms with Crippen LogP contribution in [-0.4, -0.2) is 48.8 Å². The molecule has 0 radical (unpaired) electrons. The highest BCUT2D eigenvalue weighted by Gasteiger charge is 2.27. The van der Waals surface area contributed by atoms with Gasteiger partial charge in [-0.05, 0) is 32.2 Å². The van der Waals surface area contributed by atoms with Crippen LogP contribution in [0, 0.1) is 0 Å². The van der Waals surface area contributed by atoms with Gasteiger partial charge in [-0.1, -0.05) is 22.4 Å². The molecule has 1 aliphatic rings. The molecule has 0 atom stereocenters. The van der Waals surface area contributed by atoms with Crippen molar-refractivity contribution < 1.29 is 17.9 Å². The first-order valence-electron chi connectivity index (χ1n) is 6.47. The first kappa shape index (κ1) is 16.2. The molecule has 1 fully saturated rings. The molecule has 0 amide bonds. The minimum Gasteiger partial charge on any atom is -0.372 e. The smallest absolute Gasteiger partial charge is 0.372 e. The van der Waals surface area contributed by atoms with E-state index in [4.69, 9.17) is 0 Å². The van der Waals surface area contributed by atoms with Crippen LogP contribution in [0.3, 0.4) is 0 Å². The Morgan fingerprint density at radius 1 is 1.17 bits per heavy atom. The molecule has 1 saturated carbocycles. The predicted octanol–water partition coefficient (Wildman–Crippen LogP) is 3.59. The largest absolute Gasteiger partial charge is 0.411 e. The Morgan fingerprint density at radius 2 is 1.83 bits per heavy atom. The maximum atomic E-state index is 11.9. The molecule has 6 heteroatoms. The monoisotopic (exact) mass is 331 g/mol. The minimum atomic E-state index is -4.20. The van der Waals surface area contributed by atoms with Crippen molar-refractivity contribution in [3.05, 3.63) is 0 Å². The standard InChI is InChI=1S/C12H21BrF3NO/c13-6-2-7-17(11-4-1-5-11)8-3-9-18-10-12(14,15)16/h11H,1-10H2. The summed E-state index contributed by atoms with van der Waals surface area (Å²) in [5.41, 5.74) is 0. The molecule has 1 rings (SSSR count). The van der Waals surface area contributed by atoms with Gasteiger partial charge in [0.25, 0.3) is 0 Å². The van der Waals surface area contributed by atoms with Crippen LogP contribution in [-0.2, 0) is 4.74 Å². The molecular weight excluding hydrogens is 311 g/mol. The summed E-state index contributed by atoms with van der Waals surface area (Å²) in [5.74, 6) is 0. The highest BCUT2D eigenvalue weighted by Crippen LogP contribution is 2.25. The van der Waals surface area contributed by atoms with Crippen LogP contribution in [0.15, 0.2) is 0 Å². The van der Waals surface area contributed by atoms with Crippen LogP contribution in [0.1, 0.15) is 32.1 Å². The van der Waals surface area contributed by atoms with E-state index < -0.39 is 12.8 Å². The van der Waals surface area contributed by atoms with E-state index >= 15 is 0 Å². The molecule has 0 heterocycles. The van der Waals surface area contributed by atoms with Crippen molar-refractivity contribution >= 4 is 15.9 Å². The Labute approximate surface area is 115 Å². The molecule has 0 aromatic rings. The normalized spacial score (nSPS) is 17.2. The fraction of sp³-hybridized carbons (Fsp3) is 1.00. The second-order valence-corrected chi connectivity index (χ2v) is 5.48. The number of ether oxygens (including phenoxy) is 1. The number of alkyl halides is 4. The Hall–Kier alpha value is 0.190. The summed E-state index contributed by atoms with van der Waals surface area (Å²) < 4.78 is 40.2. The van der Waals surface area contributed by atoms with Crippen molar-refractivity contribution in [2.75, 3.05) is 31.6 Å². The van der Waals surface area contributed by atoms with Gasteiger partial charge in [0.15, 0.2) is 0 Å². The Balaban J connectivity index is 2.09. The summed E-state index contributed by atoms with van der Waals surface area (Å²) in [7, 11) is 0. The van der Waals surface area contributed by atoms with E-state index in [0.29, 0.717) is 12.5 Å². The first-order chi connectivity index (χ1) is 8.53. The average Bonchev–Trinajstić information content (AvgIpc) is 2.20. The fourth-order valence-electron chi connectivity index (χ4n) is 2.05. The summed E-state index contributed by atoms with van der Waals surface area (Å²) >= 11 is 3.41. The van der Waals surface area contributed by atoms with Gasteiger partial charge in [-0.3, -0.25) is 0 Å². The van der Waals surface area contributed by atoms with Gasteiger partial charge in [-0.25, -0.2) is 0 Å². The second-order valence-electron chi connectivity index (χ2n) is 4.68. The summed E-state index contributed by atoms with van der Waals surface area (Å²) in [6.45, 7) is 0.930. The number of nitrogens with zero attached hydrogens (tertiary/aromatic N) is 1. The summed E-state index contributed by atoms with van der Waals surface area (Å²) in [4.78, 5) is 2.39. The third-order valence-corrected chi connectivity index (χ3v) is 3.73.